The maximum absolute atomic E-state index is 12.5. The summed E-state index contributed by atoms with van der Waals surface area (Å²) in [4.78, 5) is 15.2. The van der Waals surface area contributed by atoms with Gasteiger partial charge in [0.2, 0.25) is 0 Å². The molecular weight excluding hydrogens is 326 g/mol. The topological polar surface area (TPSA) is 49.0 Å². The van der Waals surface area contributed by atoms with Crippen molar-refractivity contribution in [2.24, 2.45) is 0 Å². The largest absolute Gasteiger partial charge is 0.337 e. The number of carbonyl (C=O) groups is 1. The van der Waals surface area contributed by atoms with Crippen LogP contribution in [-0.2, 0) is 0 Å². The molecule has 2 aromatic rings. The highest BCUT2D eigenvalue weighted by atomic mass is 79.9. The fourth-order valence-electron chi connectivity index (χ4n) is 2.50. The van der Waals surface area contributed by atoms with Crippen LogP contribution in [0, 0.1) is 0 Å². The number of piperidine rings is 1. The van der Waals surface area contributed by atoms with Gasteiger partial charge in [-0.25, -0.2) is 0 Å². The zero-order chi connectivity index (χ0) is 13.2. The number of rotatable bonds is 2. The molecule has 1 unspecified atom stereocenters. The molecule has 1 fully saturated rings. The van der Waals surface area contributed by atoms with E-state index in [1.807, 2.05) is 22.4 Å². The Kier molecular flexibility index (Phi) is 3.70. The summed E-state index contributed by atoms with van der Waals surface area (Å²) in [6.07, 6.45) is 3.92. The fraction of sp³-hybridized carbons (Fsp3) is 0.385. The number of thiophene rings is 1. The predicted molar refractivity (Wildman–Crippen MR) is 78.5 cm³/mol. The summed E-state index contributed by atoms with van der Waals surface area (Å²) in [7, 11) is 0. The first-order chi connectivity index (χ1) is 9.25. The molecule has 1 aliphatic heterocycles. The molecule has 2 aromatic heterocycles. The molecule has 6 heteroatoms. The number of likely N-dealkylation sites (tertiary alicyclic amines) is 1. The fourth-order valence-corrected chi connectivity index (χ4v) is 4.01. The summed E-state index contributed by atoms with van der Waals surface area (Å²) in [6, 6.07) is 3.92. The van der Waals surface area contributed by atoms with Crippen molar-refractivity contribution < 1.29 is 4.79 Å². The lowest BCUT2D eigenvalue weighted by atomic mass is 9.95. The van der Waals surface area contributed by atoms with Crippen LogP contribution in [0.1, 0.15) is 34.1 Å². The van der Waals surface area contributed by atoms with Crippen molar-refractivity contribution in [3.8, 4) is 0 Å². The van der Waals surface area contributed by atoms with Crippen molar-refractivity contribution in [1.82, 2.24) is 15.1 Å². The smallest absolute Gasteiger partial charge is 0.265 e. The number of halogens is 1. The number of nitrogens with one attached hydrogen (secondary N) is 1. The lowest BCUT2D eigenvalue weighted by Crippen LogP contribution is -2.39. The summed E-state index contributed by atoms with van der Waals surface area (Å²) in [5, 5.41) is 8.95. The first kappa shape index (κ1) is 12.9. The minimum Gasteiger partial charge on any atom is -0.337 e. The van der Waals surface area contributed by atoms with E-state index in [4.69, 9.17) is 0 Å². The summed E-state index contributed by atoms with van der Waals surface area (Å²) >= 11 is 4.93. The third-order valence-electron chi connectivity index (χ3n) is 3.48. The molecule has 1 atom stereocenters. The number of aromatic amines is 1. The van der Waals surface area contributed by atoms with Crippen LogP contribution in [0.5, 0.6) is 0 Å². The molecule has 19 heavy (non-hydrogen) atoms. The van der Waals surface area contributed by atoms with Crippen LogP contribution in [-0.4, -0.2) is 34.1 Å². The minimum absolute atomic E-state index is 0.131. The summed E-state index contributed by atoms with van der Waals surface area (Å²) < 4.78 is 0.895. The molecule has 0 spiro atoms. The summed E-state index contributed by atoms with van der Waals surface area (Å²) in [5.41, 5.74) is 1.13. The number of H-pyrrole nitrogens is 1. The number of hydrogen-bond acceptors (Lipinski definition) is 3. The first-order valence-electron chi connectivity index (χ1n) is 6.27. The molecule has 0 bridgehead atoms. The molecule has 1 saturated heterocycles. The maximum atomic E-state index is 12.5. The van der Waals surface area contributed by atoms with E-state index in [9.17, 15) is 4.79 Å². The van der Waals surface area contributed by atoms with Crippen LogP contribution in [0.15, 0.2) is 28.2 Å². The molecule has 1 amide bonds. The van der Waals surface area contributed by atoms with Crippen molar-refractivity contribution in [1.29, 1.82) is 0 Å². The van der Waals surface area contributed by atoms with Crippen LogP contribution in [0.3, 0.4) is 0 Å². The molecule has 0 saturated carbocycles. The lowest BCUT2D eigenvalue weighted by molar-refractivity contribution is 0.0710. The third-order valence-corrected chi connectivity index (χ3v) is 5.31. The molecule has 100 valence electrons. The van der Waals surface area contributed by atoms with E-state index in [1.165, 1.54) is 11.3 Å². The van der Waals surface area contributed by atoms with E-state index in [2.05, 4.69) is 26.1 Å². The maximum Gasteiger partial charge on any atom is 0.265 e. The Bertz CT molecular complexity index is 566. The minimum atomic E-state index is 0.131. The molecule has 3 rings (SSSR count). The standard InChI is InChI=1S/C13H14BrN3OS/c14-10-4-7-19-12(10)13(18)17-6-1-2-9(8-17)11-3-5-15-16-11/h3-5,7,9H,1-2,6,8H2,(H,15,16). The average Bonchev–Trinajstić information content (AvgIpc) is 3.09. The van der Waals surface area contributed by atoms with Gasteiger partial charge in [-0.15, -0.1) is 11.3 Å². The van der Waals surface area contributed by atoms with E-state index in [1.54, 1.807) is 6.20 Å². The Labute approximate surface area is 123 Å². The molecular formula is C13H14BrN3OS. The molecule has 1 aliphatic rings. The third kappa shape index (κ3) is 2.60. The van der Waals surface area contributed by atoms with Crippen LogP contribution < -0.4 is 0 Å². The molecule has 3 heterocycles. The molecule has 0 aliphatic carbocycles. The van der Waals surface area contributed by atoms with Crippen molar-refractivity contribution in [3.63, 3.8) is 0 Å². The zero-order valence-corrected chi connectivity index (χ0v) is 12.7. The van der Waals surface area contributed by atoms with Gasteiger partial charge in [0.15, 0.2) is 0 Å². The van der Waals surface area contributed by atoms with Crippen molar-refractivity contribution >= 4 is 33.2 Å². The highest BCUT2D eigenvalue weighted by Gasteiger charge is 2.27. The monoisotopic (exact) mass is 339 g/mol. The Morgan fingerprint density at radius 1 is 1.53 bits per heavy atom. The molecule has 4 nitrogen and oxygen atoms in total. The van der Waals surface area contributed by atoms with Gasteiger partial charge in [-0.05, 0) is 46.3 Å². The van der Waals surface area contributed by atoms with Gasteiger partial charge in [0.25, 0.3) is 5.91 Å². The van der Waals surface area contributed by atoms with Crippen molar-refractivity contribution in [3.05, 3.63) is 38.8 Å². The average molecular weight is 340 g/mol. The van der Waals surface area contributed by atoms with Gasteiger partial charge in [-0.1, -0.05) is 0 Å². The zero-order valence-electron chi connectivity index (χ0n) is 10.3. The van der Waals surface area contributed by atoms with Gasteiger partial charge in [0.1, 0.15) is 4.88 Å². The van der Waals surface area contributed by atoms with E-state index >= 15 is 0 Å². The molecule has 0 radical (unpaired) electrons. The second kappa shape index (κ2) is 5.46. The van der Waals surface area contributed by atoms with Gasteiger partial charge in [0, 0.05) is 35.4 Å². The van der Waals surface area contributed by atoms with Gasteiger partial charge in [0.05, 0.1) is 0 Å². The number of amides is 1. The van der Waals surface area contributed by atoms with Crippen LogP contribution in [0.25, 0.3) is 0 Å². The Balaban J connectivity index is 1.75. The quantitative estimate of drug-likeness (QED) is 0.912. The molecule has 1 N–H and O–H groups in total. The molecule has 0 aromatic carbocycles. The summed E-state index contributed by atoms with van der Waals surface area (Å²) in [6.45, 7) is 1.61. The summed E-state index contributed by atoms with van der Waals surface area (Å²) in [5.74, 6) is 0.505. The van der Waals surface area contributed by atoms with Gasteiger partial charge >= 0.3 is 0 Å². The van der Waals surface area contributed by atoms with Gasteiger partial charge < -0.3 is 4.90 Å². The number of aromatic nitrogens is 2. The van der Waals surface area contributed by atoms with Gasteiger partial charge in [-0.2, -0.15) is 5.10 Å². The number of carbonyl (C=O) groups excluding carboxylic acids is 1. The Morgan fingerprint density at radius 2 is 2.42 bits per heavy atom. The van der Waals surface area contributed by atoms with E-state index in [0.29, 0.717) is 5.92 Å². The predicted octanol–water partition coefficient (Wildman–Crippen LogP) is 3.25. The normalized spacial score (nSPS) is 19.6. The van der Waals surface area contributed by atoms with Crippen LogP contribution >= 0.6 is 27.3 Å². The lowest BCUT2D eigenvalue weighted by Gasteiger charge is -2.32. The van der Waals surface area contributed by atoms with Crippen molar-refractivity contribution in [2.75, 3.05) is 13.1 Å². The highest BCUT2D eigenvalue weighted by molar-refractivity contribution is 9.10. The number of hydrogen-bond donors (Lipinski definition) is 1. The van der Waals surface area contributed by atoms with E-state index in [-0.39, 0.29) is 5.91 Å². The highest BCUT2D eigenvalue weighted by Crippen LogP contribution is 2.29. The van der Waals surface area contributed by atoms with E-state index < -0.39 is 0 Å². The second-order valence-corrected chi connectivity index (χ2v) is 6.47. The Hall–Kier alpha value is -1.14. The second-order valence-electron chi connectivity index (χ2n) is 4.70. The van der Waals surface area contributed by atoms with Crippen LogP contribution in [0.2, 0.25) is 0 Å². The van der Waals surface area contributed by atoms with Crippen LogP contribution in [0.4, 0.5) is 0 Å². The van der Waals surface area contributed by atoms with E-state index in [0.717, 1.165) is 41.0 Å². The van der Waals surface area contributed by atoms with Crippen molar-refractivity contribution in [2.45, 2.75) is 18.8 Å². The SMILES string of the molecule is O=C(c1sccc1Br)N1CCCC(c2ccn[nH]2)C1. The van der Waals surface area contributed by atoms with Gasteiger partial charge in [-0.3, -0.25) is 9.89 Å². The first-order valence-corrected chi connectivity index (χ1v) is 7.94. The Morgan fingerprint density at radius 3 is 3.11 bits per heavy atom. The number of nitrogens with zero attached hydrogens (tertiary/aromatic N) is 2.